The summed E-state index contributed by atoms with van der Waals surface area (Å²) in [5, 5.41) is 0.426. The minimum absolute atomic E-state index is 0.426. The molecule has 0 heterocycles. The number of nitrogens with two attached hydrogens (primary N) is 1. The van der Waals surface area contributed by atoms with Gasteiger partial charge in [-0.3, -0.25) is 4.21 Å². The molecule has 0 aromatic rings. The molecule has 0 amide bonds. The second kappa shape index (κ2) is 5.11. The molecule has 4 atom stereocenters. The molecule has 2 nitrogen and oxygen atoms in total. The highest BCUT2D eigenvalue weighted by atomic mass is 32.2. The predicted octanol–water partition coefficient (Wildman–Crippen LogP) is 1.52. The lowest BCUT2D eigenvalue weighted by atomic mass is 9.81. The van der Waals surface area contributed by atoms with Crippen LogP contribution in [-0.2, 0) is 10.8 Å². The first kappa shape index (κ1) is 11.2. The summed E-state index contributed by atoms with van der Waals surface area (Å²) < 4.78 is 11.7. The molecule has 2 N–H and O–H groups in total. The van der Waals surface area contributed by atoms with E-state index in [9.17, 15) is 4.21 Å². The largest absolute Gasteiger partial charge is 0.330 e. The van der Waals surface area contributed by atoms with Gasteiger partial charge in [-0.2, -0.15) is 0 Å². The van der Waals surface area contributed by atoms with Gasteiger partial charge >= 0.3 is 0 Å². The molecule has 0 spiro atoms. The maximum Gasteiger partial charge on any atom is 0.0360 e. The Bertz CT molecular complexity index is 184. The smallest absolute Gasteiger partial charge is 0.0360 e. The van der Waals surface area contributed by atoms with Gasteiger partial charge in [0.2, 0.25) is 0 Å². The van der Waals surface area contributed by atoms with Gasteiger partial charge < -0.3 is 5.73 Å². The Kier molecular flexibility index (Phi) is 4.39. The molecular weight excluding hydrogens is 182 g/mol. The van der Waals surface area contributed by atoms with Crippen molar-refractivity contribution in [3.63, 3.8) is 0 Å². The van der Waals surface area contributed by atoms with Crippen LogP contribution in [0.4, 0.5) is 0 Å². The van der Waals surface area contributed by atoms with Gasteiger partial charge in [0.15, 0.2) is 0 Å². The molecule has 1 saturated carbocycles. The highest BCUT2D eigenvalue weighted by Crippen LogP contribution is 2.31. The van der Waals surface area contributed by atoms with E-state index in [4.69, 9.17) is 5.73 Å². The SMILES string of the molecule is CC1CCC(S(=O)CCN)CC1C. The Morgan fingerprint density at radius 3 is 2.54 bits per heavy atom. The van der Waals surface area contributed by atoms with E-state index >= 15 is 0 Å². The summed E-state index contributed by atoms with van der Waals surface area (Å²) in [5.74, 6) is 2.23. The molecular formula is C10H21NOS. The lowest BCUT2D eigenvalue weighted by Crippen LogP contribution is -2.30. The van der Waals surface area contributed by atoms with Crippen molar-refractivity contribution in [3.05, 3.63) is 0 Å². The first-order valence-electron chi connectivity index (χ1n) is 5.22. The first-order valence-corrected chi connectivity index (χ1v) is 6.60. The zero-order valence-electron chi connectivity index (χ0n) is 8.66. The lowest BCUT2D eigenvalue weighted by molar-refractivity contribution is 0.281. The fourth-order valence-corrected chi connectivity index (χ4v) is 3.50. The summed E-state index contributed by atoms with van der Waals surface area (Å²) in [7, 11) is -0.667. The fraction of sp³-hybridized carbons (Fsp3) is 1.00. The van der Waals surface area contributed by atoms with Crippen LogP contribution < -0.4 is 5.73 Å². The highest BCUT2D eigenvalue weighted by molar-refractivity contribution is 7.85. The molecule has 0 bridgehead atoms. The second-order valence-electron chi connectivity index (χ2n) is 4.26. The van der Waals surface area contributed by atoms with Crippen LogP contribution in [0, 0.1) is 11.8 Å². The predicted molar refractivity (Wildman–Crippen MR) is 58.0 cm³/mol. The molecule has 0 radical (unpaired) electrons. The van der Waals surface area contributed by atoms with Crippen molar-refractivity contribution in [2.24, 2.45) is 17.6 Å². The van der Waals surface area contributed by atoms with Gasteiger partial charge in [-0.05, 0) is 31.1 Å². The van der Waals surface area contributed by atoms with Gasteiger partial charge in [0.25, 0.3) is 0 Å². The number of hydrogen-bond acceptors (Lipinski definition) is 2. The summed E-state index contributed by atoms with van der Waals surface area (Å²) >= 11 is 0. The maximum atomic E-state index is 11.7. The minimum atomic E-state index is -0.667. The van der Waals surface area contributed by atoms with Crippen LogP contribution >= 0.6 is 0 Å². The van der Waals surface area contributed by atoms with Gasteiger partial charge in [0, 0.05) is 28.3 Å². The molecule has 4 unspecified atom stereocenters. The molecule has 1 fully saturated rings. The quantitative estimate of drug-likeness (QED) is 0.755. The standard InChI is InChI=1S/C10H21NOS/c1-8-3-4-10(7-9(8)2)13(12)6-5-11/h8-10H,3-7,11H2,1-2H3. The molecule has 1 aliphatic carbocycles. The van der Waals surface area contributed by atoms with Crippen LogP contribution in [0.2, 0.25) is 0 Å². The Hall–Kier alpha value is 0.110. The van der Waals surface area contributed by atoms with E-state index in [1.165, 1.54) is 6.42 Å². The fourth-order valence-electron chi connectivity index (χ4n) is 2.02. The van der Waals surface area contributed by atoms with Crippen molar-refractivity contribution < 1.29 is 4.21 Å². The Labute approximate surface area is 83.7 Å². The van der Waals surface area contributed by atoms with E-state index in [2.05, 4.69) is 13.8 Å². The maximum absolute atomic E-state index is 11.7. The van der Waals surface area contributed by atoms with E-state index in [-0.39, 0.29) is 0 Å². The van der Waals surface area contributed by atoms with Crippen molar-refractivity contribution >= 4 is 10.8 Å². The van der Waals surface area contributed by atoms with Crippen LogP contribution in [-0.4, -0.2) is 21.8 Å². The summed E-state index contributed by atoms with van der Waals surface area (Å²) in [6.45, 7) is 5.14. The van der Waals surface area contributed by atoms with E-state index in [0.717, 1.165) is 24.7 Å². The molecule has 0 aliphatic heterocycles. The summed E-state index contributed by atoms with van der Waals surface area (Å²) in [4.78, 5) is 0. The molecule has 0 aromatic carbocycles. The molecule has 78 valence electrons. The Balaban J connectivity index is 2.40. The monoisotopic (exact) mass is 203 g/mol. The highest BCUT2D eigenvalue weighted by Gasteiger charge is 2.27. The first-order chi connectivity index (χ1) is 6.15. The third-order valence-electron chi connectivity index (χ3n) is 3.24. The zero-order chi connectivity index (χ0) is 9.84. The van der Waals surface area contributed by atoms with Crippen LogP contribution in [0.1, 0.15) is 33.1 Å². The molecule has 13 heavy (non-hydrogen) atoms. The van der Waals surface area contributed by atoms with Gasteiger partial charge in [0.1, 0.15) is 0 Å². The zero-order valence-corrected chi connectivity index (χ0v) is 9.48. The third kappa shape index (κ3) is 3.06. The van der Waals surface area contributed by atoms with E-state index in [1.54, 1.807) is 0 Å². The van der Waals surface area contributed by atoms with Gasteiger partial charge in [-0.15, -0.1) is 0 Å². The van der Waals surface area contributed by atoms with Crippen LogP contribution in [0.25, 0.3) is 0 Å². The molecule has 1 rings (SSSR count). The van der Waals surface area contributed by atoms with Gasteiger partial charge in [0.05, 0.1) is 0 Å². The van der Waals surface area contributed by atoms with Crippen molar-refractivity contribution in [1.82, 2.24) is 0 Å². The van der Waals surface area contributed by atoms with Crippen molar-refractivity contribution in [3.8, 4) is 0 Å². The molecule has 1 aliphatic rings. The molecule has 0 aromatic heterocycles. The van der Waals surface area contributed by atoms with Crippen LogP contribution in [0.5, 0.6) is 0 Å². The van der Waals surface area contributed by atoms with Gasteiger partial charge in [-0.25, -0.2) is 0 Å². The normalized spacial score (nSPS) is 37.3. The van der Waals surface area contributed by atoms with E-state index in [1.807, 2.05) is 0 Å². The topological polar surface area (TPSA) is 43.1 Å². The Morgan fingerprint density at radius 1 is 1.31 bits per heavy atom. The van der Waals surface area contributed by atoms with Crippen molar-refractivity contribution in [2.45, 2.75) is 38.4 Å². The van der Waals surface area contributed by atoms with Crippen molar-refractivity contribution in [1.29, 1.82) is 0 Å². The third-order valence-corrected chi connectivity index (χ3v) is 5.05. The molecule has 0 saturated heterocycles. The number of hydrogen-bond donors (Lipinski definition) is 1. The Morgan fingerprint density at radius 2 is 2.00 bits per heavy atom. The minimum Gasteiger partial charge on any atom is -0.330 e. The summed E-state index contributed by atoms with van der Waals surface area (Å²) in [5.41, 5.74) is 5.40. The van der Waals surface area contributed by atoms with E-state index in [0.29, 0.717) is 17.5 Å². The average Bonchev–Trinajstić information content (AvgIpc) is 2.10. The summed E-state index contributed by atoms with van der Waals surface area (Å²) in [6.07, 6.45) is 3.51. The second-order valence-corrected chi connectivity index (χ2v) is 6.10. The summed E-state index contributed by atoms with van der Waals surface area (Å²) in [6, 6.07) is 0. The van der Waals surface area contributed by atoms with E-state index < -0.39 is 10.8 Å². The molecule has 3 heteroatoms. The van der Waals surface area contributed by atoms with Gasteiger partial charge in [-0.1, -0.05) is 13.8 Å². The number of rotatable bonds is 3. The lowest BCUT2D eigenvalue weighted by Gasteiger charge is -2.31. The van der Waals surface area contributed by atoms with Crippen LogP contribution in [0.15, 0.2) is 0 Å². The average molecular weight is 203 g/mol. The van der Waals surface area contributed by atoms with Crippen molar-refractivity contribution in [2.75, 3.05) is 12.3 Å². The van der Waals surface area contributed by atoms with Crippen LogP contribution in [0.3, 0.4) is 0 Å².